The van der Waals surface area contributed by atoms with Crippen molar-refractivity contribution in [3.8, 4) is 17.0 Å². The van der Waals surface area contributed by atoms with Crippen LogP contribution in [0.3, 0.4) is 0 Å². The molecule has 1 aromatic heterocycles. The molecule has 27 heavy (non-hydrogen) atoms. The van der Waals surface area contributed by atoms with Crippen molar-refractivity contribution in [3.05, 3.63) is 77.5 Å². The van der Waals surface area contributed by atoms with Gasteiger partial charge in [-0.2, -0.15) is 0 Å². The molecule has 2 aromatic carbocycles. The minimum atomic E-state index is -0.143. The molecular formula is C23H22N2O2. The summed E-state index contributed by atoms with van der Waals surface area (Å²) in [5.74, 6) is 0.672. The first-order valence-corrected chi connectivity index (χ1v) is 9.35. The Morgan fingerprint density at radius 1 is 1.07 bits per heavy atom. The van der Waals surface area contributed by atoms with Crippen molar-refractivity contribution >= 4 is 11.6 Å². The number of nitrogens with zero attached hydrogens (tertiary/aromatic N) is 1. The highest BCUT2D eigenvalue weighted by molar-refractivity contribution is 6.04. The van der Waals surface area contributed by atoms with Crippen LogP contribution in [-0.4, -0.2) is 17.5 Å². The van der Waals surface area contributed by atoms with E-state index in [-0.39, 0.29) is 5.91 Å². The van der Waals surface area contributed by atoms with E-state index in [2.05, 4.69) is 22.4 Å². The van der Waals surface area contributed by atoms with Crippen molar-refractivity contribution in [2.24, 2.45) is 0 Å². The van der Waals surface area contributed by atoms with Crippen LogP contribution in [0.15, 0.2) is 60.8 Å². The number of amides is 1. The average molecular weight is 358 g/mol. The van der Waals surface area contributed by atoms with Crippen LogP contribution in [0.1, 0.15) is 34.8 Å². The Labute approximate surface area is 159 Å². The molecular weight excluding hydrogens is 336 g/mol. The first-order valence-electron chi connectivity index (χ1n) is 9.35. The molecule has 1 aliphatic rings. The number of aromatic nitrogens is 1. The maximum atomic E-state index is 12.5. The smallest absolute Gasteiger partial charge is 0.257 e. The van der Waals surface area contributed by atoms with Crippen molar-refractivity contribution in [1.29, 1.82) is 0 Å². The van der Waals surface area contributed by atoms with E-state index >= 15 is 0 Å². The quantitative estimate of drug-likeness (QED) is 0.706. The second-order valence-corrected chi connectivity index (χ2v) is 6.68. The summed E-state index contributed by atoms with van der Waals surface area (Å²) in [7, 11) is 0. The maximum absolute atomic E-state index is 12.5. The van der Waals surface area contributed by atoms with E-state index in [0.29, 0.717) is 12.2 Å². The molecule has 0 aliphatic heterocycles. The number of carbonyl (C=O) groups is 1. The highest BCUT2D eigenvalue weighted by Crippen LogP contribution is 2.26. The van der Waals surface area contributed by atoms with Crippen LogP contribution < -0.4 is 10.1 Å². The number of ether oxygens (including phenoxy) is 1. The standard InChI is InChI=1S/C23H22N2O2/c1-2-27-21-8-4-7-18(14-21)22-12-10-19(15-24-22)23(26)25-20-11-9-16-5-3-6-17(16)13-20/h4,7-15H,2-3,5-6H2,1H3,(H,25,26). The van der Waals surface area contributed by atoms with Crippen LogP contribution in [0.4, 0.5) is 5.69 Å². The molecule has 0 fully saturated rings. The molecule has 1 N–H and O–H groups in total. The zero-order valence-electron chi connectivity index (χ0n) is 15.4. The van der Waals surface area contributed by atoms with Crippen molar-refractivity contribution in [3.63, 3.8) is 0 Å². The van der Waals surface area contributed by atoms with Gasteiger partial charge >= 0.3 is 0 Å². The molecule has 0 saturated heterocycles. The molecule has 1 aliphatic carbocycles. The molecule has 0 spiro atoms. The number of anilines is 1. The Hall–Kier alpha value is -3.14. The summed E-state index contributed by atoms with van der Waals surface area (Å²) in [6.45, 7) is 2.58. The fraction of sp³-hybridized carbons (Fsp3) is 0.217. The van der Waals surface area contributed by atoms with Crippen LogP contribution in [0.2, 0.25) is 0 Å². The minimum Gasteiger partial charge on any atom is -0.494 e. The number of nitrogens with one attached hydrogen (secondary N) is 1. The van der Waals surface area contributed by atoms with E-state index in [0.717, 1.165) is 35.5 Å². The van der Waals surface area contributed by atoms with Gasteiger partial charge in [0.15, 0.2) is 0 Å². The fourth-order valence-corrected chi connectivity index (χ4v) is 3.46. The first-order chi connectivity index (χ1) is 13.2. The lowest BCUT2D eigenvalue weighted by Crippen LogP contribution is -2.12. The van der Waals surface area contributed by atoms with Gasteiger partial charge in [-0.05, 0) is 73.7 Å². The number of fused-ring (bicyclic) bond motifs is 1. The van der Waals surface area contributed by atoms with Crippen molar-refractivity contribution in [2.75, 3.05) is 11.9 Å². The molecule has 136 valence electrons. The molecule has 0 unspecified atom stereocenters. The molecule has 0 saturated carbocycles. The highest BCUT2D eigenvalue weighted by atomic mass is 16.5. The predicted octanol–water partition coefficient (Wildman–Crippen LogP) is 4.89. The van der Waals surface area contributed by atoms with Crippen molar-refractivity contribution in [2.45, 2.75) is 26.2 Å². The number of benzene rings is 2. The van der Waals surface area contributed by atoms with E-state index in [1.807, 2.05) is 43.3 Å². The summed E-state index contributed by atoms with van der Waals surface area (Å²) in [5.41, 5.74) is 5.90. The lowest BCUT2D eigenvalue weighted by molar-refractivity contribution is 0.102. The van der Waals surface area contributed by atoms with E-state index in [4.69, 9.17) is 4.74 Å². The zero-order chi connectivity index (χ0) is 18.6. The van der Waals surface area contributed by atoms with Crippen LogP contribution >= 0.6 is 0 Å². The van der Waals surface area contributed by atoms with E-state index in [1.54, 1.807) is 12.3 Å². The Bertz CT molecular complexity index is 964. The van der Waals surface area contributed by atoms with Gasteiger partial charge in [0.25, 0.3) is 5.91 Å². The summed E-state index contributed by atoms with van der Waals surface area (Å²) in [6.07, 6.45) is 5.05. The zero-order valence-corrected chi connectivity index (χ0v) is 15.4. The fourth-order valence-electron chi connectivity index (χ4n) is 3.46. The van der Waals surface area contributed by atoms with Gasteiger partial charge in [-0.1, -0.05) is 18.2 Å². The SMILES string of the molecule is CCOc1cccc(-c2ccc(C(=O)Nc3ccc4c(c3)CCC4)cn2)c1. The molecule has 1 amide bonds. The van der Waals surface area contributed by atoms with Gasteiger partial charge in [0.2, 0.25) is 0 Å². The number of rotatable bonds is 5. The topological polar surface area (TPSA) is 51.2 Å². The Kier molecular flexibility index (Phi) is 4.88. The van der Waals surface area contributed by atoms with Gasteiger partial charge in [0, 0.05) is 17.4 Å². The monoisotopic (exact) mass is 358 g/mol. The second-order valence-electron chi connectivity index (χ2n) is 6.68. The normalized spacial score (nSPS) is 12.5. The molecule has 4 rings (SSSR count). The van der Waals surface area contributed by atoms with Crippen LogP contribution in [0.25, 0.3) is 11.3 Å². The van der Waals surface area contributed by atoms with Crippen LogP contribution in [-0.2, 0) is 12.8 Å². The Morgan fingerprint density at radius 3 is 2.78 bits per heavy atom. The molecule has 0 atom stereocenters. The summed E-state index contributed by atoms with van der Waals surface area (Å²) < 4.78 is 5.54. The predicted molar refractivity (Wildman–Crippen MR) is 107 cm³/mol. The highest BCUT2D eigenvalue weighted by Gasteiger charge is 2.13. The van der Waals surface area contributed by atoms with Crippen LogP contribution in [0, 0.1) is 0 Å². The Balaban J connectivity index is 1.48. The van der Waals surface area contributed by atoms with E-state index in [9.17, 15) is 4.79 Å². The number of pyridine rings is 1. The number of carbonyl (C=O) groups excluding carboxylic acids is 1. The third-order valence-electron chi connectivity index (χ3n) is 4.82. The minimum absolute atomic E-state index is 0.143. The van der Waals surface area contributed by atoms with Crippen molar-refractivity contribution < 1.29 is 9.53 Å². The molecule has 4 heteroatoms. The summed E-state index contributed by atoms with van der Waals surface area (Å²) in [4.78, 5) is 17.0. The molecule has 3 aromatic rings. The van der Waals surface area contributed by atoms with Gasteiger partial charge in [-0.3, -0.25) is 9.78 Å². The lowest BCUT2D eigenvalue weighted by Gasteiger charge is -2.09. The van der Waals surface area contributed by atoms with Gasteiger partial charge in [0.05, 0.1) is 17.9 Å². The van der Waals surface area contributed by atoms with Gasteiger partial charge in [-0.15, -0.1) is 0 Å². The third-order valence-corrected chi connectivity index (χ3v) is 4.82. The molecule has 0 bridgehead atoms. The summed E-state index contributed by atoms with van der Waals surface area (Å²) >= 11 is 0. The average Bonchev–Trinajstić information content (AvgIpc) is 3.16. The van der Waals surface area contributed by atoms with Crippen LogP contribution in [0.5, 0.6) is 5.75 Å². The summed E-state index contributed by atoms with van der Waals surface area (Å²) in [5, 5.41) is 2.97. The largest absolute Gasteiger partial charge is 0.494 e. The lowest BCUT2D eigenvalue weighted by atomic mass is 10.1. The molecule has 4 nitrogen and oxygen atoms in total. The first kappa shape index (κ1) is 17.3. The third kappa shape index (κ3) is 3.85. The number of hydrogen-bond donors (Lipinski definition) is 1. The van der Waals surface area contributed by atoms with Gasteiger partial charge < -0.3 is 10.1 Å². The molecule has 0 radical (unpaired) electrons. The van der Waals surface area contributed by atoms with Gasteiger partial charge in [0.1, 0.15) is 5.75 Å². The maximum Gasteiger partial charge on any atom is 0.257 e. The van der Waals surface area contributed by atoms with Gasteiger partial charge in [-0.25, -0.2) is 0 Å². The molecule has 1 heterocycles. The Morgan fingerprint density at radius 2 is 1.96 bits per heavy atom. The van der Waals surface area contributed by atoms with E-state index < -0.39 is 0 Å². The number of aryl methyl sites for hydroxylation is 2. The summed E-state index contributed by atoms with van der Waals surface area (Å²) in [6, 6.07) is 17.6. The van der Waals surface area contributed by atoms with Crippen molar-refractivity contribution in [1.82, 2.24) is 4.98 Å². The second kappa shape index (κ2) is 7.62. The van der Waals surface area contributed by atoms with E-state index in [1.165, 1.54) is 17.5 Å². The number of hydrogen-bond acceptors (Lipinski definition) is 3.